The van der Waals surface area contributed by atoms with Gasteiger partial charge in [-0.1, -0.05) is 71.9 Å². The highest BCUT2D eigenvalue weighted by atomic mass is 32.1. The number of fused-ring (bicyclic) bond motifs is 3. The van der Waals surface area contributed by atoms with E-state index in [0.29, 0.717) is 6.54 Å². The van der Waals surface area contributed by atoms with Crippen LogP contribution >= 0.6 is 12.2 Å². The lowest BCUT2D eigenvalue weighted by Crippen LogP contribution is -2.05. The van der Waals surface area contributed by atoms with Gasteiger partial charge in [0.25, 0.3) is 0 Å². The number of imidazole rings is 1. The third-order valence-corrected chi connectivity index (χ3v) is 6.54. The number of aromatic nitrogens is 2. The fraction of sp³-hybridized carbons (Fsp3) is 0.167. The van der Waals surface area contributed by atoms with Gasteiger partial charge in [-0.2, -0.15) is 0 Å². The van der Waals surface area contributed by atoms with Crippen molar-refractivity contribution in [3.8, 4) is 5.69 Å². The summed E-state index contributed by atoms with van der Waals surface area (Å²) in [6, 6.07) is 25.7. The predicted molar refractivity (Wildman–Crippen MR) is 148 cm³/mol. The van der Waals surface area contributed by atoms with Crippen LogP contribution in [0.15, 0.2) is 84.1 Å². The zero-order chi connectivity index (χ0) is 23.7. The molecule has 0 saturated carbocycles. The molecule has 0 atom stereocenters. The second-order valence-electron chi connectivity index (χ2n) is 8.98. The van der Waals surface area contributed by atoms with E-state index in [0.717, 1.165) is 44.3 Å². The van der Waals surface area contributed by atoms with Gasteiger partial charge in [-0.25, -0.2) is 4.98 Å². The van der Waals surface area contributed by atoms with Crippen molar-refractivity contribution in [3.05, 3.63) is 107 Å². The summed E-state index contributed by atoms with van der Waals surface area (Å²) in [7, 11) is 0. The number of aliphatic imine (C=N–C) groups is 1. The van der Waals surface area contributed by atoms with Gasteiger partial charge in [0, 0.05) is 28.6 Å². The van der Waals surface area contributed by atoms with Crippen LogP contribution in [0.25, 0.3) is 27.5 Å². The van der Waals surface area contributed by atoms with Crippen LogP contribution in [0.2, 0.25) is 0 Å². The number of benzene rings is 4. The Morgan fingerprint density at radius 2 is 1.71 bits per heavy atom. The molecule has 0 amide bonds. The van der Waals surface area contributed by atoms with Gasteiger partial charge >= 0.3 is 0 Å². The highest BCUT2D eigenvalue weighted by Gasteiger charge is 2.09. The Labute approximate surface area is 205 Å². The topological polar surface area (TPSA) is 30.2 Å². The maximum Gasteiger partial charge on any atom is 0.100 e. The standard InChI is InChI=1S/C30H27N3S/c1-20-5-10-26(11-6-20)33-19-32-30-28-12-7-23(15-25(28)9-13-29(30)33)17-31-18-27(34)16-24-8-4-21(2)14-22(24)3/h4-15,17,19H,16,18H2,1-3H3. The maximum absolute atomic E-state index is 5.60. The van der Waals surface area contributed by atoms with Crippen LogP contribution in [-0.2, 0) is 6.42 Å². The summed E-state index contributed by atoms with van der Waals surface area (Å²) in [5.41, 5.74) is 9.40. The zero-order valence-electron chi connectivity index (χ0n) is 19.7. The average Bonchev–Trinajstić information content (AvgIpc) is 3.26. The van der Waals surface area contributed by atoms with E-state index in [1.165, 1.54) is 22.3 Å². The summed E-state index contributed by atoms with van der Waals surface area (Å²) in [5, 5.41) is 2.30. The van der Waals surface area contributed by atoms with E-state index >= 15 is 0 Å². The largest absolute Gasteiger partial charge is 0.299 e. The molecule has 0 aliphatic rings. The molecule has 0 fully saturated rings. The van der Waals surface area contributed by atoms with Crippen molar-refractivity contribution in [1.82, 2.24) is 9.55 Å². The molecule has 3 nitrogen and oxygen atoms in total. The Hall–Kier alpha value is -3.63. The molecule has 0 bridgehead atoms. The fourth-order valence-corrected chi connectivity index (χ4v) is 4.61. The highest BCUT2D eigenvalue weighted by molar-refractivity contribution is 7.80. The van der Waals surface area contributed by atoms with Crippen molar-refractivity contribution >= 4 is 45.1 Å². The van der Waals surface area contributed by atoms with Crippen molar-refractivity contribution in [2.45, 2.75) is 27.2 Å². The van der Waals surface area contributed by atoms with E-state index in [2.05, 4.69) is 103 Å². The van der Waals surface area contributed by atoms with Gasteiger partial charge < -0.3 is 0 Å². The van der Waals surface area contributed by atoms with Gasteiger partial charge in [-0.05, 0) is 67.1 Å². The molecule has 0 aliphatic heterocycles. The van der Waals surface area contributed by atoms with E-state index in [-0.39, 0.29) is 0 Å². The fourth-order valence-electron chi connectivity index (χ4n) is 4.38. The highest BCUT2D eigenvalue weighted by Crippen LogP contribution is 2.27. The molecule has 34 heavy (non-hydrogen) atoms. The van der Waals surface area contributed by atoms with Gasteiger partial charge in [-0.15, -0.1) is 0 Å². The summed E-state index contributed by atoms with van der Waals surface area (Å²) in [6.45, 7) is 6.91. The molecule has 4 aromatic carbocycles. The van der Waals surface area contributed by atoms with E-state index in [1.54, 1.807) is 0 Å². The summed E-state index contributed by atoms with van der Waals surface area (Å²) in [4.78, 5) is 10.3. The number of thiocarbonyl (C=S) groups is 1. The van der Waals surface area contributed by atoms with E-state index in [9.17, 15) is 0 Å². The summed E-state index contributed by atoms with van der Waals surface area (Å²) >= 11 is 5.60. The molecule has 168 valence electrons. The number of aryl methyl sites for hydroxylation is 3. The minimum atomic E-state index is 0.556. The Kier molecular flexibility index (Phi) is 6.08. The van der Waals surface area contributed by atoms with Crippen molar-refractivity contribution in [2.75, 3.05) is 6.54 Å². The Balaban J connectivity index is 1.33. The first-order valence-corrected chi connectivity index (χ1v) is 11.9. The van der Waals surface area contributed by atoms with Crippen LogP contribution < -0.4 is 0 Å². The quantitative estimate of drug-likeness (QED) is 0.199. The molecule has 0 saturated heterocycles. The molecular formula is C30H27N3S. The van der Waals surface area contributed by atoms with E-state index in [4.69, 9.17) is 17.2 Å². The first-order chi connectivity index (χ1) is 16.5. The molecule has 5 aromatic rings. The van der Waals surface area contributed by atoms with E-state index in [1.807, 2.05) is 12.5 Å². The lowest BCUT2D eigenvalue weighted by molar-refractivity contribution is 1.09. The van der Waals surface area contributed by atoms with Gasteiger partial charge in [0.05, 0.1) is 17.6 Å². The number of hydrogen-bond acceptors (Lipinski definition) is 3. The molecular weight excluding hydrogens is 434 g/mol. The lowest BCUT2D eigenvalue weighted by Gasteiger charge is -2.07. The minimum absolute atomic E-state index is 0.556. The second-order valence-corrected chi connectivity index (χ2v) is 9.56. The molecule has 0 unspecified atom stereocenters. The van der Waals surface area contributed by atoms with Gasteiger partial charge in [0.2, 0.25) is 0 Å². The Bertz CT molecular complexity index is 1540. The summed E-state index contributed by atoms with van der Waals surface area (Å²) in [6.07, 6.45) is 4.61. The molecule has 0 aliphatic carbocycles. The minimum Gasteiger partial charge on any atom is -0.299 e. The normalized spacial score (nSPS) is 11.6. The van der Waals surface area contributed by atoms with Crippen LogP contribution in [0.4, 0.5) is 0 Å². The van der Waals surface area contributed by atoms with Crippen LogP contribution in [-0.4, -0.2) is 27.2 Å². The van der Waals surface area contributed by atoms with Crippen LogP contribution in [0.5, 0.6) is 0 Å². The van der Waals surface area contributed by atoms with Gasteiger partial charge in [-0.3, -0.25) is 9.56 Å². The SMILES string of the molecule is Cc1ccc(-n2cnc3c4ccc(C=NCC(=S)Cc5ccc(C)cc5C)cc4ccc32)cc1. The molecule has 5 rings (SSSR count). The molecule has 0 N–H and O–H groups in total. The molecule has 1 aromatic heterocycles. The predicted octanol–water partition coefficient (Wildman–Crippen LogP) is 7.14. The zero-order valence-corrected chi connectivity index (χ0v) is 20.6. The first kappa shape index (κ1) is 22.2. The summed E-state index contributed by atoms with van der Waals surface area (Å²) < 4.78 is 2.14. The lowest BCUT2D eigenvalue weighted by atomic mass is 10.0. The maximum atomic E-state index is 5.60. The molecule has 4 heteroatoms. The van der Waals surface area contributed by atoms with Crippen LogP contribution in [0.3, 0.4) is 0 Å². The Morgan fingerprint density at radius 1 is 0.912 bits per heavy atom. The van der Waals surface area contributed by atoms with Crippen LogP contribution in [0, 0.1) is 20.8 Å². The third kappa shape index (κ3) is 4.55. The second kappa shape index (κ2) is 9.32. The van der Waals surface area contributed by atoms with Gasteiger partial charge in [0.15, 0.2) is 0 Å². The third-order valence-electron chi connectivity index (χ3n) is 6.26. The van der Waals surface area contributed by atoms with Crippen molar-refractivity contribution in [3.63, 3.8) is 0 Å². The number of rotatable bonds is 6. The first-order valence-electron chi connectivity index (χ1n) is 11.5. The van der Waals surface area contributed by atoms with Crippen molar-refractivity contribution in [2.24, 2.45) is 4.99 Å². The number of nitrogens with zero attached hydrogens (tertiary/aromatic N) is 3. The monoisotopic (exact) mass is 461 g/mol. The van der Waals surface area contributed by atoms with Crippen LogP contribution in [0.1, 0.15) is 27.8 Å². The molecule has 0 radical (unpaired) electrons. The molecule has 0 spiro atoms. The average molecular weight is 462 g/mol. The van der Waals surface area contributed by atoms with Crippen molar-refractivity contribution in [1.29, 1.82) is 0 Å². The molecule has 1 heterocycles. The van der Waals surface area contributed by atoms with Gasteiger partial charge in [0.1, 0.15) is 6.33 Å². The Morgan fingerprint density at radius 3 is 2.50 bits per heavy atom. The van der Waals surface area contributed by atoms with Crippen molar-refractivity contribution < 1.29 is 0 Å². The van der Waals surface area contributed by atoms with E-state index < -0.39 is 0 Å². The summed E-state index contributed by atoms with van der Waals surface area (Å²) in [5.74, 6) is 0. The smallest absolute Gasteiger partial charge is 0.100 e. The number of hydrogen-bond donors (Lipinski definition) is 0.